The number of para-hydroxylation sites is 5. The summed E-state index contributed by atoms with van der Waals surface area (Å²) < 4.78 is 22.5. The van der Waals surface area contributed by atoms with E-state index in [1.807, 2.05) is 66.7 Å². The number of nitrogens with zero attached hydrogens (tertiary/aromatic N) is 3. The summed E-state index contributed by atoms with van der Waals surface area (Å²) in [7, 11) is 0. The zero-order chi connectivity index (χ0) is 36.0. The molecule has 0 aliphatic rings. The van der Waals surface area contributed by atoms with Crippen LogP contribution in [0.5, 0.6) is 0 Å². The Morgan fingerprint density at radius 1 is 0.436 bits per heavy atom. The van der Waals surface area contributed by atoms with Crippen molar-refractivity contribution >= 4 is 93.8 Å². The van der Waals surface area contributed by atoms with E-state index in [-0.39, 0.29) is 0 Å². The number of oxazole rings is 1. The van der Waals surface area contributed by atoms with Crippen molar-refractivity contribution in [2.75, 3.05) is 4.90 Å². The van der Waals surface area contributed by atoms with Crippen LogP contribution in [0.4, 0.5) is 17.1 Å². The fourth-order valence-corrected chi connectivity index (χ4v) is 8.48. The normalized spacial score (nSPS) is 12.0. The first-order valence-electron chi connectivity index (χ1n) is 18.4. The topological polar surface area (TPSA) is 60.5 Å². The van der Waals surface area contributed by atoms with Gasteiger partial charge in [0.1, 0.15) is 22.3 Å². The Labute approximate surface area is 313 Å². The molecule has 0 aliphatic heterocycles. The molecule has 0 bridgehead atoms. The molecule has 55 heavy (non-hydrogen) atoms. The third-order valence-electron chi connectivity index (χ3n) is 10.8. The third kappa shape index (κ3) is 4.33. The van der Waals surface area contributed by atoms with Gasteiger partial charge in [-0.05, 0) is 66.7 Å². The summed E-state index contributed by atoms with van der Waals surface area (Å²) in [6.07, 6.45) is 0. The molecule has 6 nitrogen and oxygen atoms in total. The van der Waals surface area contributed by atoms with Crippen molar-refractivity contribution in [3.8, 4) is 17.1 Å². The third-order valence-corrected chi connectivity index (χ3v) is 10.8. The Hall–Kier alpha value is -7.57. The summed E-state index contributed by atoms with van der Waals surface area (Å²) in [6.45, 7) is 0. The second-order valence-corrected chi connectivity index (χ2v) is 13.9. The lowest BCUT2D eigenvalue weighted by Crippen LogP contribution is -2.12. The molecule has 258 valence electrons. The van der Waals surface area contributed by atoms with Crippen molar-refractivity contribution in [2.45, 2.75) is 0 Å². The van der Waals surface area contributed by atoms with Crippen LogP contribution < -0.4 is 4.90 Å². The van der Waals surface area contributed by atoms with E-state index in [1.165, 1.54) is 5.39 Å². The number of anilines is 3. The molecule has 0 radical (unpaired) electrons. The predicted molar refractivity (Wildman–Crippen MR) is 223 cm³/mol. The van der Waals surface area contributed by atoms with Gasteiger partial charge in [0.15, 0.2) is 11.2 Å². The first kappa shape index (κ1) is 29.9. The minimum atomic E-state index is 0.556. The Bertz CT molecular complexity index is 3440. The smallest absolute Gasteiger partial charge is 0.227 e. The average molecular weight is 708 g/mol. The predicted octanol–water partition coefficient (Wildman–Crippen LogP) is 13.9. The van der Waals surface area contributed by atoms with Crippen LogP contribution in [-0.4, -0.2) is 9.55 Å². The second kappa shape index (κ2) is 11.5. The maximum Gasteiger partial charge on any atom is 0.227 e. The summed E-state index contributed by atoms with van der Waals surface area (Å²) in [5.41, 5.74) is 11.4. The molecular formula is C49H29N3O3. The number of hydrogen-bond donors (Lipinski definition) is 0. The molecule has 8 aromatic carbocycles. The molecule has 0 atom stereocenters. The molecule has 0 saturated heterocycles. The first-order valence-corrected chi connectivity index (χ1v) is 18.4. The molecule has 0 aliphatic carbocycles. The van der Waals surface area contributed by atoms with Crippen LogP contribution in [0.3, 0.4) is 0 Å². The molecule has 4 heterocycles. The van der Waals surface area contributed by atoms with E-state index in [1.54, 1.807) is 0 Å². The highest BCUT2D eigenvalue weighted by molar-refractivity contribution is 6.24. The quantitative estimate of drug-likeness (QED) is 0.178. The van der Waals surface area contributed by atoms with Gasteiger partial charge in [0.25, 0.3) is 0 Å². The van der Waals surface area contributed by atoms with Crippen molar-refractivity contribution in [2.24, 2.45) is 0 Å². The Kier molecular flexibility index (Phi) is 6.24. The number of hydrogen-bond acceptors (Lipinski definition) is 5. The van der Waals surface area contributed by atoms with Gasteiger partial charge >= 0.3 is 0 Å². The molecule has 0 unspecified atom stereocenters. The van der Waals surface area contributed by atoms with Crippen molar-refractivity contribution < 1.29 is 13.3 Å². The van der Waals surface area contributed by atoms with E-state index >= 15 is 0 Å². The Morgan fingerprint density at radius 2 is 1.05 bits per heavy atom. The molecule has 0 amide bonds. The van der Waals surface area contributed by atoms with Gasteiger partial charge in [-0.25, -0.2) is 4.98 Å². The Morgan fingerprint density at radius 3 is 1.87 bits per heavy atom. The molecule has 12 rings (SSSR count). The fraction of sp³-hybridized carbons (Fsp3) is 0. The SMILES string of the molecule is c1ccc(-c2nc3cc(N(c4cccc5oc6ccccc6c45)c4cccc5c6ccccc6n(-c6ccccc6)c45)c4oc5ccccc5c4c3o2)cc1. The maximum absolute atomic E-state index is 6.94. The number of furan rings is 2. The Balaban J connectivity index is 1.28. The lowest BCUT2D eigenvalue weighted by atomic mass is 10.0. The van der Waals surface area contributed by atoms with Crippen LogP contribution in [0, 0.1) is 0 Å². The summed E-state index contributed by atoms with van der Waals surface area (Å²) in [6, 6.07) is 60.6. The van der Waals surface area contributed by atoms with Crippen LogP contribution in [-0.2, 0) is 0 Å². The van der Waals surface area contributed by atoms with Gasteiger partial charge in [-0.1, -0.05) is 109 Å². The molecule has 0 fully saturated rings. The number of benzene rings is 8. The maximum atomic E-state index is 6.94. The van der Waals surface area contributed by atoms with Gasteiger partial charge in [-0.3, -0.25) is 0 Å². The van der Waals surface area contributed by atoms with E-state index < -0.39 is 0 Å². The van der Waals surface area contributed by atoms with Gasteiger partial charge in [0, 0.05) is 32.8 Å². The highest BCUT2D eigenvalue weighted by atomic mass is 16.4. The molecule has 6 heteroatoms. The standard InChI is InChI=1S/C49H29N3O3/c1-3-15-30(16-4-1)49-50-36-29-40(48-45(47(36)55-49)35-21-9-12-27-42(35)54-48)52(38-24-14-28-43-44(38)34-20-8-11-26-41(34)53-43)39-25-13-22-33-32-19-7-10-23-37(32)51(46(33)39)31-17-5-2-6-18-31/h1-29H. The summed E-state index contributed by atoms with van der Waals surface area (Å²) in [5, 5.41) is 6.19. The molecule has 0 spiro atoms. The van der Waals surface area contributed by atoms with Gasteiger partial charge in [-0.15, -0.1) is 0 Å². The van der Waals surface area contributed by atoms with Crippen LogP contribution >= 0.6 is 0 Å². The molecule has 4 aromatic heterocycles. The second-order valence-electron chi connectivity index (χ2n) is 13.9. The summed E-state index contributed by atoms with van der Waals surface area (Å²) in [5.74, 6) is 0.556. The molecular weight excluding hydrogens is 679 g/mol. The highest BCUT2D eigenvalue weighted by Crippen LogP contribution is 2.51. The van der Waals surface area contributed by atoms with Gasteiger partial charge in [0.2, 0.25) is 5.89 Å². The zero-order valence-corrected chi connectivity index (χ0v) is 29.3. The lowest BCUT2D eigenvalue weighted by molar-refractivity contribution is 0.622. The molecule has 12 aromatic rings. The largest absolute Gasteiger partial charge is 0.456 e. The number of rotatable bonds is 5. The minimum Gasteiger partial charge on any atom is -0.456 e. The van der Waals surface area contributed by atoms with Gasteiger partial charge < -0.3 is 22.7 Å². The van der Waals surface area contributed by atoms with Crippen molar-refractivity contribution in [1.29, 1.82) is 0 Å². The molecule has 0 saturated carbocycles. The number of fused-ring (bicyclic) bond motifs is 11. The summed E-state index contributed by atoms with van der Waals surface area (Å²) in [4.78, 5) is 7.49. The average Bonchev–Trinajstić information content (AvgIpc) is 4.02. The van der Waals surface area contributed by atoms with Gasteiger partial charge in [0.05, 0.1) is 38.9 Å². The first-order chi connectivity index (χ1) is 27.3. The van der Waals surface area contributed by atoms with Gasteiger partial charge in [-0.2, -0.15) is 0 Å². The van der Waals surface area contributed by atoms with E-state index in [0.717, 1.165) is 88.5 Å². The van der Waals surface area contributed by atoms with E-state index in [4.69, 9.17) is 18.2 Å². The van der Waals surface area contributed by atoms with Crippen molar-refractivity contribution in [1.82, 2.24) is 9.55 Å². The lowest BCUT2D eigenvalue weighted by Gasteiger charge is -2.27. The monoisotopic (exact) mass is 707 g/mol. The zero-order valence-electron chi connectivity index (χ0n) is 29.3. The molecule has 0 N–H and O–H groups in total. The van der Waals surface area contributed by atoms with Crippen molar-refractivity contribution in [3.05, 3.63) is 176 Å². The van der Waals surface area contributed by atoms with E-state index in [0.29, 0.717) is 17.1 Å². The minimum absolute atomic E-state index is 0.556. The van der Waals surface area contributed by atoms with Crippen LogP contribution in [0.2, 0.25) is 0 Å². The summed E-state index contributed by atoms with van der Waals surface area (Å²) >= 11 is 0. The van der Waals surface area contributed by atoms with Crippen LogP contribution in [0.25, 0.3) is 93.9 Å². The van der Waals surface area contributed by atoms with E-state index in [2.05, 4.69) is 119 Å². The van der Waals surface area contributed by atoms with E-state index in [9.17, 15) is 0 Å². The van der Waals surface area contributed by atoms with Crippen LogP contribution in [0.1, 0.15) is 0 Å². The van der Waals surface area contributed by atoms with Crippen LogP contribution in [0.15, 0.2) is 189 Å². The van der Waals surface area contributed by atoms with Crippen molar-refractivity contribution in [3.63, 3.8) is 0 Å². The fourth-order valence-electron chi connectivity index (χ4n) is 8.48. The highest BCUT2D eigenvalue weighted by Gasteiger charge is 2.29. The number of aromatic nitrogens is 2.